The number of hydrogen-bond donors (Lipinski definition) is 2. The van der Waals surface area contributed by atoms with E-state index in [-0.39, 0.29) is 12.5 Å². The van der Waals surface area contributed by atoms with E-state index in [4.69, 9.17) is 23.8 Å². The summed E-state index contributed by atoms with van der Waals surface area (Å²) in [5, 5.41) is 10.7. The van der Waals surface area contributed by atoms with Gasteiger partial charge in [-0.25, -0.2) is 0 Å². The molecule has 0 fully saturated rings. The first kappa shape index (κ1) is 23.9. The van der Waals surface area contributed by atoms with Gasteiger partial charge in [0.15, 0.2) is 10.6 Å². The molecule has 0 saturated carbocycles. The Bertz CT molecular complexity index is 1330. The quantitative estimate of drug-likeness (QED) is 0.328. The van der Waals surface area contributed by atoms with Crippen LogP contribution in [0, 0.1) is 4.77 Å². The van der Waals surface area contributed by atoms with Crippen LogP contribution in [0.3, 0.4) is 0 Å². The number of carbonyl (C=O) groups excluding carboxylic acids is 1. The molecule has 0 spiro atoms. The molecule has 3 aromatic carbocycles. The lowest BCUT2D eigenvalue weighted by atomic mass is 9.98. The first-order valence-electron chi connectivity index (χ1n) is 10.9. The molecule has 6 nitrogen and oxygen atoms in total. The highest BCUT2D eigenvalue weighted by Gasteiger charge is 2.13. The number of aromatic amines is 1. The van der Waals surface area contributed by atoms with E-state index >= 15 is 0 Å². The van der Waals surface area contributed by atoms with Crippen LogP contribution >= 0.6 is 23.8 Å². The zero-order chi connectivity index (χ0) is 24.1. The zero-order valence-electron chi connectivity index (χ0n) is 19.1. The van der Waals surface area contributed by atoms with E-state index in [1.165, 1.54) is 5.56 Å². The van der Waals surface area contributed by atoms with E-state index in [1.54, 1.807) is 16.7 Å². The second kappa shape index (κ2) is 10.8. The minimum absolute atomic E-state index is 0.0642. The second-order valence-corrected chi connectivity index (χ2v) is 9.14. The van der Waals surface area contributed by atoms with Gasteiger partial charge in [0.2, 0.25) is 5.91 Å². The molecule has 0 saturated heterocycles. The maximum atomic E-state index is 12.8. The molecule has 0 unspecified atom stereocenters. The average molecular weight is 492 g/mol. The van der Waals surface area contributed by atoms with Crippen LogP contribution in [0.2, 0.25) is 5.02 Å². The molecule has 0 aliphatic heterocycles. The molecular formula is C26H26ClN5OS. The van der Waals surface area contributed by atoms with E-state index in [2.05, 4.69) is 64.8 Å². The Morgan fingerprint density at radius 1 is 1.03 bits per heavy atom. The summed E-state index contributed by atoms with van der Waals surface area (Å²) in [6, 6.07) is 23.9. The number of carbonyl (C=O) groups is 1. The van der Waals surface area contributed by atoms with Gasteiger partial charge in [0, 0.05) is 23.7 Å². The van der Waals surface area contributed by atoms with Crippen LogP contribution in [0.15, 0.2) is 72.8 Å². The van der Waals surface area contributed by atoms with Crippen LogP contribution in [0.25, 0.3) is 22.5 Å². The van der Waals surface area contributed by atoms with Crippen LogP contribution in [0.1, 0.15) is 11.1 Å². The lowest BCUT2D eigenvalue weighted by Gasteiger charge is -2.13. The fraction of sp³-hybridized carbons (Fsp3) is 0.192. The number of rotatable bonds is 8. The summed E-state index contributed by atoms with van der Waals surface area (Å²) >= 11 is 11.3. The summed E-state index contributed by atoms with van der Waals surface area (Å²) in [4.78, 5) is 15.0. The highest BCUT2D eigenvalue weighted by molar-refractivity contribution is 7.71. The number of nitrogens with zero attached hydrogens (tertiary/aromatic N) is 3. The summed E-state index contributed by atoms with van der Waals surface area (Å²) in [5.41, 5.74) is 5.35. The van der Waals surface area contributed by atoms with Crippen molar-refractivity contribution in [3.63, 3.8) is 0 Å². The van der Waals surface area contributed by atoms with Gasteiger partial charge in [-0.05, 0) is 72.8 Å². The topological polar surface area (TPSA) is 66.0 Å². The number of hydrogen-bond acceptors (Lipinski definition) is 4. The number of aromatic nitrogens is 3. The Labute approximate surface area is 209 Å². The molecule has 2 N–H and O–H groups in total. The molecule has 4 rings (SSSR count). The zero-order valence-corrected chi connectivity index (χ0v) is 20.7. The molecule has 1 aromatic heterocycles. The molecule has 1 heterocycles. The van der Waals surface area contributed by atoms with Gasteiger partial charge in [-0.3, -0.25) is 14.5 Å². The van der Waals surface area contributed by atoms with Crippen molar-refractivity contribution in [1.29, 1.82) is 0 Å². The molecule has 0 atom stereocenters. The fourth-order valence-electron chi connectivity index (χ4n) is 3.79. The number of H-pyrrole nitrogens is 1. The van der Waals surface area contributed by atoms with Crippen molar-refractivity contribution in [3.05, 3.63) is 93.7 Å². The average Bonchev–Trinajstić information content (AvgIpc) is 3.18. The Morgan fingerprint density at radius 3 is 2.41 bits per heavy atom. The third kappa shape index (κ3) is 5.80. The minimum Gasteiger partial charge on any atom is -0.350 e. The number of nitrogens with one attached hydrogen (secondary N) is 2. The smallest absolute Gasteiger partial charge is 0.240 e. The monoisotopic (exact) mass is 491 g/mol. The van der Waals surface area contributed by atoms with Gasteiger partial charge in [-0.1, -0.05) is 60.1 Å². The molecule has 8 heteroatoms. The molecule has 1 amide bonds. The molecule has 0 aliphatic carbocycles. The number of halogens is 1. The highest BCUT2D eigenvalue weighted by atomic mass is 35.5. The molecular weight excluding hydrogens is 466 g/mol. The van der Waals surface area contributed by atoms with Crippen molar-refractivity contribution < 1.29 is 4.79 Å². The maximum absolute atomic E-state index is 12.8. The lowest BCUT2D eigenvalue weighted by Crippen LogP contribution is -2.27. The van der Waals surface area contributed by atoms with Gasteiger partial charge in [0.25, 0.3) is 0 Å². The number of benzene rings is 3. The minimum atomic E-state index is -0.149. The molecule has 0 radical (unpaired) electrons. The first-order chi connectivity index (χ1) is 16.4. The summed E-state index contributed by atoms with van der Waals surface area (Å²) < 4.78 is 2.07. The standard InChI is InChI=1S/C26H26ClN5OS/c1-31(2)16-18-7-9-19(10-8-18)23-6-4-3-5-21(23)15-28-24(33)17-32-25(29-30-26(32)34)20-11-13-22(27)14-12-20/h3-14H,15-17H2,1-2H3,(H,28,33)(H,30,34). The van der Waals surface area contributed by atoms with Crippen molar-refractivity contribution in [2.24, 2.45) is 0 Å². The fourth-order valence-corrected chi connectivity index (χ4v) is 4.11. The van der Waals surface area contributed by atoms with Crippen LogP contribution < -0.4 is 5.32 Å². The van der Waals surface area contributed by atoms with Crippen LogP contribution in [-0.2, 0) is 24.4 Å². The summed E-state index contributed by atoms with van der Waals surface area (Å²) in [7, 11) is 4.11. The van der Waals surface area contributed by atoms with Gasteiger partial charge >= 0.3 is 0 Å². The van der Waals surface area contributed by atoms with Crippen molar-refractivity contribution in [2.45, 2.75) is 19.6 Å². The number of amides is 1. The Hall–Kier alpha value is -3.26. The van der Waals surface area contributed by atoms with Gasteiger partial charge < -0.3 is 10.2 Å². The normalized spacial score (nSPS) is 11.1. The van der Waals surface area contributed by atoms with E-state index in [1.807, 2.05) is 30.3 Å². The Balaban J connectivity index is 1.46. The van der Waals surface area contributed by atoms with Crippen molar-refractivity contribution in [2.75, 3.05) is 14.1 Å². The second-order valence-electron chi connectivity index (χ2n) is 8.31. The molecule has 0 aliphatic rings. The van der Waals surface area contributed by atoms with Gasteiger partial charge in [-0.15, -0.1) is 0 Å². The van der Waals surface area contributed by atoms with E-state index in [9.17, 15) is 4.79 Å². The Morgan fingerprint density at radius 2 is 1.71 bits per heavy atom. The van der Waals surface area contributed by atoms with E-state index in [0.29, 0.717) is 22.2 Å². The van der Waals surface area contributed by atoms with Gasteiger partial charge in [0.1, 0.15) is 6.54 Å². The van der Waals surface area contributed by atoms with Crippen molar-refractivity contribution in [1.82, 2.24) is 25.0 Å². The van der Waals surface area contributed by atoms with Crippen LogP contribution in [-0.4, -0.2) is 39.7 Å². The van der Waals surface area contributed by atoms with Crippen LogP contribution in [0.4, 0.5) is 0 Å². The SMILES string of the molecule is CN(C)Cc1ccc(-c2ccccc2CNC(=O)Cn2c(-c3ccc(Cl)cc3)n[nH]c2=S)cc1. The highest BCUT2D eigenvalue weighted by Crippen LogP contribution is 2.24. The van der Waals surface area contributed by atoms with Crippen molar-refractivity contribution >= 4 is 29.7 Å². The predicted octanol–water partition coefficient (Wildman–Crippen LogP) is 5.31. The predicted molar refractivity (Wildman–Crippen MR) is 139 cm³/mol. The summed E-state index contributed by atoms with van der Waals surface area (Å²) in [6.45, 7) is 1.37. The maximum Gasteiger partial charge on any atom is 0.240 e. The van der Waals surface area contributed by atoms with E-state index in [0.717, 1.165) is 28.8 Å². The molecule has 174 valence electrons. The summed E-state index contributed by atoms with van der Waals surface area (Å²) in [5.74, 6) is 0.443. The van der Waals surface area contributed by atoms with Crippen molar-refractivity contribution in [3.8, 4) is 22.5 Å². The molecule has 0 bridgehead atoms. The lowest BCUT2D eigenvalue weighted by molar-refractivity contribution is -0.121. The van der Waals surface area contributed by atoms with Gasteiger partial charge in [-0.2, -0.15) is 5.10 Å². The third-order valence-electron chi connectivity index (χ3n) is 5.42. The van der Waals surface area contributed by atoms with E-state index < -0.39 is 0 Å². The van der Waals surface area contributed by atoms with Gasteiger partial charge in [0.05, 0.1) is 0 Å². The molecule has 4 aromatic rings. The van der Waals surface area contributed by atoms with Crippen LogP contribution in [0.5, 0.6) is 0 Å². The third-order valence-corrected chi connectivity index (χ3v) is 5.98. The Kier molecular flexibility index (Phi) is 7.57. The largest absolute Gasteiger partial charge is 0.350 e. The summed E-state index contributed by atoms with van der Waals surface area (Å²) in [6.07, 6.45) is 0. The molecule has 34 heavy (non-hydrogen) atoms. The first-order valence-corrected chi connectivity index (χ1v) is 11.7.